The molecule has 1 amide bonds. The van der Waals surface area contributed by atoms with Gasteiger partial charge in [0.1, 0.15) is 17.3 Å². The minimum Gasteiger partial charge on any atom is -0.455 e. The van der Waals surface area contributed by atoms with E-state index < -0.39 is 27.2 Å². The van der Waals surface area contributed by atoms with Gasteiger partial charge in [0, 0.05) is 12.1 Å². The molecule has 0 aliphatic carbocycles. The highest BCUT2D eigenvalue weighted by atomic mass is 32.2. The first-order valence-corrected chi connectivity index (χ1v) is 9.40. The van der Waals surface area contributed by atoms with E-state index in [-0.39, 0.29) is 23.0 Å². The van der Waals surface area contributed by atoms with Crippen LogP contribution in [0, 0.1) is 11.7 Å². The van der Waals surface area contributed by atoms with E-state index in [0.29, 0.717) is 12.5 Å². The Bertz CT molecular complexity index is 812. The largest absolute Gasteiger partial charge is 0.455 e. The van der Waals surface area contributed by atoms with Gasteiger partial charge < -0.3 is 9.73 Å². The quantitative estimate of drug-likeness (QED) is 0.830. The molecule has 7 heteroatoms. The van der Waals surface area contributed by atoms with Crippen LogP contribution in [0.3, 0.4) is 0 Å². The van der Waals surface area contributed by atoms with Gasteiger partial charge in [-0.3, -0.25) is 4.79 Å². The Morgan fingerprint density at radius 2 is 1.88 bits per heavy atom. The molecule has 1 N–H and O–H groups in total. The number of furan rings is 1. The summed E-state index contributed by atoms with van der Waals surface area (Å²) >= 11 is 0. The Morgan fingerprint density at radius 3 is 2.54 bits per heavy atom. The van der Waals surface area contributed by atoms with Crippen molar-refractivity contribution < 1.29 is 22.0 Å². The Morgan fingerprint density at radius 1 is 1.17 bits per heavy atom. The van der Waals surface area contributed by atoms with Gasteiger partial charge in [0.25, 0.3) is 5.91 Å². The van der Waals surface area contributed by atoms with Gasteiger partial charge in [-0.15, -0.1) is 0 Å². The van der Waals surface area contributed by atoms with Crippen LogP contribution in [0.4, 0.5) is 4.39 Å². The smallest absolute Gasteiger partial charge is 0.287 e. The van der Waals surface area contributed by atoms with E-state index in [4.69, 9.17) is 4.42 Å². The van der Waals surface area contributed by atoms with Crippen molar-refractivity contribution in [2.24, 2.45) is 5.92 Å². The minimum atomic E-state index is -3.61. The molecule has 0 fully saturated rings. The average Bonchev–Trinajstić information content (AvgIpc) is 2.94. The number of nitrogens with one attached hydrogen (secondary N) is 1. The number of amides is 1. The number of hydrogen-bond acceptors (Lipinski definition) is 4. The Kier molecular flexibility index (Phi) is 5.77. The zero-order chi connectivity index (χ0) is 17.7. The summed E-state index contributed by atoms with van der Waals surface area (Å²) in [4.78, 5) is 11.9. The van der Waals surface area contributed by atoms with Crippen LogP contribution in [-0.2, 0) is 21.3 Å². The van der Waals surface area contributed by atoms with Crippen LogP contribution in [0.2, 0.25) is 0 Å². The van der Waals surface area contributed by atoms with Gasteiger partial charge >= 0.3 is 0 Å². The fraction of sp³-hybridized carbons (Fsp3) is 0.353. The van der Waals surface area contributed by atoms with Crippen LogP contribution in [0.5, 0.6) is 0 Å². The highest BCUT2D eigenvalue weighted by molar-refractivity contribution is 7.89. The van der Waals surface area contributed by atoms with E-state index in [1.165, 1.54) is 30.3 Å². The summed E-state index contributed by atoms with van der Waals surface area (Å²) < 4.78 is 43.3. The molecule has 0 unspecified atom stereocenters. The van der Waals surface area contributed by atoms with Crippen LogP contribution in [0.15, 0.2) is 40.8 Å². The zero-order valence-corrected chi connectivity index (χ0v) is 14.4. The topological polar surface area (TPSA) is 76.4 Å². The monoisotopic (exact) mass is 353 g/mol. The van der Waals surface area contributed by atoms with Crippen molar-refractivity contribution in [2.45, 2.75) is 25.4 Å². The predicted molar refractivity (Wildman–Crippen MR) is 88.6 cm³/mol. The summed E-state index contributed by atoms with van der Waals surface area (Å²) in [6.07, 6.45) is 0. The van der Waals surface area contributed by atoms with Crippen molar-refractivity contribution in [1.82, 2.24) is 5.32 Å². The maximum atomic E-state index is 13.6. The van der Waals surface area contributed by atoms with Crippen molar-refractivity contribution in [3.63, 3.8) is 0 Å². The first-order chi connectivity index (χ1) is 11.3. The molecule has 1 heterocycles. The summed E-state index contributed by atoms with van der Waals surface area (Å²) in [7, 11) is -3.61. The predicted octanol–water partition coefficient (Wildman–Crippen LogP) is 2.92. The summed E-state index contributed by atoms with van der Waals surface area (Å²) in [5, 5.41) is 2.69. The third-order valence-corrected chi connectivity index (χ3v) is 4.73. The van der Waals surface area contributed by atoms with Gasteiger partial charge in [-0.05, 0) is 24.1 Å². The van der Waals surface area contributed by atoms with E-state index in [1.807, 2.05) is 13.8 Å². The van der Waals surface area contributed by atoms with E-state index in [1.54, 1.807) is 6.07 Å². The standard InChI is InChI=1S/C17H20FNO4S/c1-12(2)9-19-17(20)16-8-7-14(23-16)11-24(21,22)10-13-5-3-4-6-15(13)18/h3-8,12H,9-11H2,1-2H3,(H,19,20). The number of hydrogen-bond donors (Lipinski definition) is 1. The first kappa shape index (κ1) is 18.2. The van der Waals surface area contributed by atoms with Crippen LogP contribution < -0.4 is 5.32 Å². The van der Waals surface area contributed by atoms with Crippen LogP contribution >= 0.6 is 0 Å². The van der Waals surface area contributed by atoms with E-state index in [2.05, 4.69) is 5.32 Å². The Labute approximate surface area is 140 Å². The molecule has 24 heavy (non-hydrogen) atoms. The SMILES string of the molecule is CC(C)CNC(=O)c1ccc(CS(=O)(=O)Cc2ccccc2F)o1. The fourth-order valence-corrected chi connectivity index (χ4v) is 3.48. The second-order valence-electron chi connectivity index (χ2n) is 5.99. The van der Waals surface area contributed by atoms with Gasteiger partial charge in [0.15, 0.2) is 15.6 Å². The van der Waals surface area contributed by atoms with Crippen LogP contribution in [-0.4, -0.2) is 20.9 Å². The number of carbonyl (C=O) groups excluding carboxylic acids is 1. The second kappa shape index (κ2) is 7.61. The number of rotatable bonds is 7. The lowest BCUT2D eigenvalue weighted by molar-refractivity contribution is 0.0919. The van der Waals surface area contributed by atoms with Gasteiger partial charge in [-0.1, -0.05) is 32.0 Å². The molecule has 0 bridgehead atoms. The maximum Gasteiger partial charge on any atom is 0.287 e. The van der Waals surface area contributed by atoms with Crippen molar-refractivity contribution in [2.75, 3.05) is 6.54 Å². The lowest BCUT2D eigenvalue weighted by atomic mass is 10.2. The third kappa shape index (κ3) is 5.19. The highest BCUT2D eigenvalue weighted by Gasteiger charge is 2.19. The maximum absolute atomic E-state index is 13.6. The van der Waals surface area contributed by atoms with Crippen LogP contribution in [0.25, 0.3) is 0 Å². The molecular formula is C17H20FNO4S. The van der Waals surface area contributed by atoms with Gasteiger partial charge in [0.05, 0.1) is 5.75 Å². The number of sulfone groups is 1. The number of carbonyl (C=O) groups is 1. The van der Waals surface area contributed by atoms with E-state index >= 15 is 0 Å². The normalized spacial score (nSPS) is 11.7. The van der Waals surface area contributed by atoms with Gasteiger partial charge in [-0.2, -0.15) is 0 Å². The lowest BCUT2D eigenvalue weighted by Crippen LogP contribution is -2.26. The van der Waals surface area contributed by atoms with Crippen molar-refractivity contribution in [3.05, 3.63) is 59.3 Å². The molecule has 2 aromatic rings. The van der Waals surface area contributed by atoms with E-state index in [0.717, 1.165) is 0 Å². The van der Waals surface area contributed by atoms with Crippen molar-refractivity contribution >= 4 is 15.7 Å². The minimum absolute atomic E-state index is 0.0618. The number of benzene rings is 1. The Hall–Kier alpha value is -2.15. The third-order valence-electron chi connectivity index (χ3n) is 3.25. The fourth-order valence-electron chi connectivity index (χ4n) is 2.08. The second-order valence-corrected chi connectivity index (χ2v) is 8.06. The van der Waals surface area contributed by atoms with Crippen molar-refractivity contribution in [3.8, 4) is 0 Å². The molecule has 0 spiro atoms. The zero-order valence-electron chi connectivity index (χ0n) is 13.6. The molecule has 130 valence electrons. The number of halogens is 1. The molecule has 1 aromatic carbocycles. The molecule has 0 aliphatic rings. The summed E-state index contributed by atoms with van der Waals surface area (Å²) in [6, 6.07) is 8.61. The van der Waals surface area contributed by atoms with Crippen molar-refractivity contribution in [1.29, 1.82) is 0 Å². The molecule has 0 radical (unpaired) electrons. The summed E-state index contributed by atoms with van der Waals surface area (Å²) in [6.45, 7) is 4.42. The van der Waals surface area contributed by atoms with Crippen LogP contribution in [0.1, 0.15) is 35.7 Å². The summed E-state index contributed by atoms with van der Waals surface area (Å²) in [5.74, 6) is -1.25. The average molecular weight is 353 g/mol. The molecule has 0 aliphatic heterocycles. The lowest BCUT2D eigenvalue weighted by Gasteiger charge is -2.06. The highest BCUT2D eigenvalue weighted by Crippen LogP contribution is 2.17. The summed E-state index contributed by atoms with van der Waals surface area (Å²) in [5.41, 5.74) is 0.110. The first-order valence-electron chi connectivity index (χ1n) is 7.57. The molecular weight excluding hydrogens is 333 g/mol. The molecule has 5 nitrogen and oxygen atoms in total. The molecule has 1 aromatic heterocycles. The molecule has 0 atom stereocenters. The van der Waals surface area contributed by atoms with Gasteiger partial charge in [0.2, 0.25) is 0 Å². The molecule has 0 saturated heterocycles. The van der Waals surface area contributed by atoms with E-state index in [9.17, 15) is 17.6 Å². The molecule has 0 saturated carbocycles. The Balaban J connectivity index is 2.03. The van der Waals surface area contributed by atoms with Gasteiger partial charge in [-0.25, -0.2) is 12.8 Å². The molecule has 2 rings (SSSR count).